The molecule has 0 unspecified atom stereocenters. The summed E-state index contributed by atoms with van der Waals surface area (Å²) in [6, 6.07) is 7.99. The van der Waals surface area contributed by atoms with Crippen molar-refractivity contribution in [2.45, 2.75) is 26.3 Å². The number of aromatic nitrogens is 2. The van der Waals surface area contributed by atoms with Gasteiger partial charge in [0.25, 0.3) is 17.7 Å². The lowest BCUT2D eigenvalue weighted by Gasteiger charge is -2.20. The maximum Gasteiger partial charge on any atom is 0.265 e. The molecular weight excluding hydrogens is 390 g/mol. The number of nitrogens with zero attached hydrogens (tertiary/aromatic N) is 1. The van der Waals surface area contributed by atoms with Crippen molar-refractivity contribution in [2.24, 2.45) is 5.73 Å². The van der Waals surface area contributed by atoms with Crippen LogP contribution in [0.1, 0.15) is 52.0 Å². The summed E-state index contributed by atoms with van der Waals surface area (Å²) in [4.78, 5) is 42.9. The predicted molar refractivity (Wildman–Crippen MR) is 112 cm³/mol. The number of thiazole rings is 1. The average molecular weight is 411 g/mol. The van der Waals surface area contributed by atoms with Gasteiger partial charge in [0.2, 0.25) is 0 Å². The first kappa shape index (κ1) is 20.3. The molecule has 0 atom stereocenters. The Hall–Kier alpha value is -3.46. The summed E-state index contributed by atoms with van der Waals surface area (Å²) in [6.45, 7) is 5.70. The molecule has 0 aliphatic heterocycles. The average Bonchev–Trinajstić information content (AvgIpc) is 3.29. The van der Waals surface area contributed by atoms with E-state index in [2.05, 4.69) is 20.6 Å². The van der Waals surface area contributed by atoms with Crippen LogP contribution < -0.4 is 16.4 Å². The number of nitrogens with two attached hydrogens (primary N) is 1. The topological polar surface area (TPSA) is 130 Å². The third-order valence-corrected chi connectivity index (χ3v) is 4.62. The second kappa shape index (κ2) is 7.88. The van der Waals surface area contributed by atoms with E-state index in [-0.39, 0.29) is 23.0 Å². The van der Waals surface area contributed by atoms with Crippen LogP contribution in [0.3, 0.4) is 0 Å². The van der Waals surface area contributed by atoms with Gasteiger partial charge in [-0.05, 0) is 51.1 Å². The quantitative estimate of drug-likeness (QED) is 0.514. The fourth-order valence-corrected chi connectivity index (χ4v) is 3.22. The first-order valence-electron chi connectivity index (χ1n) is 8.80. The number of hydrogen-bond acceptors (Lipinski definition) is 5. The molecule has 3 rings (SSSR count). The van der Waals surface area contributed by atoms with E-state index < -0.39 is 5.91 Å². The number of H-pyrrole nitrogens is 1. The van der Waals surface area contributed by atoms with E-state index >= 15 is 0 Å². The molecule has 0 bridgehead atoms. The molecule has 5 N–H and O–H groups in total. The maximum absolute atomic E-state index is 12.5. The number of anilines is 1. The van der Waals surface area contributed by atoms with Gasteiger partial charge >= 0.3 is 0 Å². The molecule has 29 heavy (non-hydrogen) atoms. The minimum Gasteiger partial charge on any atom is -0.364 e. The Balaban J connectivity index is 1.67. The summed E-state index contributed by atoms with van der Waals surface area (Å²) in [7, 11) is 0. The molecule has 8 nitrogen and oxygen atoms in total. The lowest BCUT2D eigenvalue weighted by molar-refractivity contribution is 0.0917. The summed E-state index contributed by atoms with van der Waals surface area (Å²) in [6.07, 6.45) is 1.63. The Labute approximate surface area is 171 Å². The van der Waals surface area contributed by atoms with Crippen LogP contribution in [0, 0.1) is 0 Å². The second-order valence-electron chi connectivity index (χ2n) is 7.44. The molecule has 0 aliphatic carbocycles. The molecular formula is C20H21N5O3S. The second-order valence-corrected chi connectivity index (χ2v) is 8.30. The van der Waals surface area contributed by atoms with Crippen molar-refractivity contribution < 1.29 is 14.4 Å². The first-order valence-corrected chi connectivity index (χ1v) is 9.68. The monoisotopic (exact) mass is 411 g/mol. The molecule has 0 saturated heterocycles. The Kier molecular flexibility index (Phi) is 5.51. The molecule has 0 radical (unpaired) electrons. The van der Waals surface area contributed by atoms with Crippen LogP contribution in [0.25, 0.3) is 11.3 Å². The highest BCUT2D eigenvalue weighted by Gasteiger charge is 2.16. The Morgan fingerprint density at radius 2 is 1.69 bits per heavy atom. The highest BCUT2D eigenvalue weighted by Crippen LogP contribution is 2.25. The number of carbonyl (C=O) groups is 3. The van der Waals surface area contributed by atoms with Gasteiger partial charge in [0.1, 0.15) is 5.69 Å². The van der Waals surface area contributed by atoms with Gasteiger partial charge in [-0.15, -0.1) is 11.3 Å². The Bertz CT molecular complexity index is 1060. The van der Waals surface area contributed by atoms with Gasteiger partial charge in [-0.2, -0.15) is 0 Å². The number of benzene rings is 1. The molecule has 3 aromatic rings. The van der Waals surface area contributed by atoms with Crippen molar-refractivity contribution in [1.29, 1.82) is 0 Å². The van der Waals surface area contributed by atoms with Crippen molar-refractivity contribution in [3.8, 4) is 11.3 Å². The fraction of sp³-hybridized carbons (Fsp3) is 0.200. The summed E-state index contributed by atoms with van der Waals surface area (Å²) < 4.78 is 0. The molecule has 9 heteroatoms. The van der Waals surface area contributed by atoms with Gasteiger partial charge in [0.15, 0.2) is 5.13 Å². The molecule has 150 valence electrons. The zero-order valence-electron chi connectivity index (χ0n) is 16.2. The largest absolute Gasteiger partial charge is 0.364 e. The number of hydrogen-bond donors (Lipinski definition) is 4. The number of nitrogens with one attached hydrogen (secondary N) is 3. The number of rotatable bonds is 5. The normalized spacial score (nSPS) is 11.1. The third-order valence-electron chi connectivity index (χ3n) is 3.87. The number of carbonyl (C=O) groups excluding carboxylic acids is 3. The van der Waals surface area contributed by atoms with E-state index in [4.69, 9.17) is 5.73 Å². The zero-order valence-corrected chi connectivity index (χ0v) is 17.0. The first-order chi connectivity index (χ1) is 13.6. The molecule has 0 aliphatic rings. The standard InChI is InChI=1S/C20H21N5O3S/c1-20(2,3)25-18(28)12-6-4-11(5-7-12)17(27)24-19-23-15(10-29-19)13-8-14(16(21)26)22-9-13/h4-10,22H,1-3H3,(H2,21,26)(H,25,28)(H,23,24,27). The van der Waals surface area contributed by atoms with Gasteiger partial charge in [-0.1, -0.05) is 0 Å². The van der Waals surface area contributed by atoms with Crippen LogP contribution in [0.4, 0.5) is 5.13 Å². The molecule has 0 spiro atoms. The van der Waals surface area contributed by atoms with Crippen molar-refractivity contribution in [1.82, 2.24) is 15.3 Å². The van der Waals surface area contributed by atoms with Crippen LogP contribution in [-0.2, 0) is 0 Å². The van der Waals surface area contributed by atoms with Crippen molar-refractivity contribution in [3.63, 3.8) is 0 Å². The van der Waals surface area contributed by atoms with Crippen LogP contribution in [0.2, 0.25) is 0 Å². The van der Waals surface area contributed by atoms with E-state index in [9.17, 15) is 14.4 Å². The summed E-state index contributed by atoms with van der Waals surface area (Å²) >= 11 is 1.26. The van der Waals surface area contributed by atoms with Crippen LogP contribution in [0.15, 0.2) is 41.9 Å². The third kappa shape index (κ3) is 5.08. The summed E-state index contributed by atoms with van der Waals surface area (Å²) in [5.41, 5.74) is 7.38. The van der Waals surface area contributed by atoms with E-state index in [0.717, 1.165) is 0 Å². The van der Waals surface area contributed by atoms with Gasteiger partial charge < -0.3 is 16.0 Å². The Morgan fingerprint density at radius 3 is 2.24 bits per heavy atom. The molecule has 0 saturated carbocycles. The fourth-order valence-electron chi connectivity index (χ4n) is 2.50. The SMILES string of the molecule is CC(C)(C)NC(=O)c1ccc(C(=O)Nc2nc(-c3c[nH]c(C(N)=O)c3)cs2)cc1. The maximum atomic E-state index is 12.5. The lowest BCUT2D eigenvalue weighted by Crippen LogP contribution is -2.40. The molecule has 3 amide bonds. The number of aromatic amines is 1. The van der Waals surface area contributed by atoms with Crippen molar-refractivity contribution in [2.75, 3.05) is 5.32 Å². The highest BCUT2D eigenvalue weighted by molar-refractivity contribution is 7.14. The Morgan fingerprint density at radius 1 is 1.07 bits per heavy atom. The minimum absolute atomic E-state index is 0.198. The molecule has 2 aromatic heterocycles. The van der Waals surface area contributed by atoms with Crippen molar-refractivity contribution >= 4 is 34.2 Å². The molecule has 0 fully saturated rings. The van der Waals surface area contributed by atoms with Gasteiger partial charge in [-0.3, -0.25) is 19.7 Å². The van der Waals surface area contributed by atoms with Crippen molar-refractivity contribution in [3.05, 3.63) is 58.7 Å². The lowest BCUT2D eigenvalue weighted by atomic mass is 10.1. The summed E-state index contributed by atoms with van der Waals surface area (Å²) in [5.74, 6) is -1.09. The van der Waals surface area contributed by atoms with E-state index in [0.29, 0.717) is 27.5 Å². The molecule has 2 heterocycles. The number of primary amides is 1. The number of amides is 3. The highest BCUT2D eigenvalue weighted by atomic mass is 32.1. The zero-order chi connectivity index (χ0) is 21.2. The van der Waals surface area contributed by atoms with Gasteiger partial charge in [0.05, 0.1) is 5.69 Å². The van der Waals surface area contributed by atoms with E-state index in [1.54, 1.807) is 41.9 Å². The van der Waals surface area contributed by atoms with Gasteiger partial charge in [0, 0.05) is 33.8 Å². The van der Waals surface area contributed by atoms with Gasteiger partial charge in [-0.25, -0.2) is 4.98 Å². The van der Waals surface area contributed by atoms with E-state index in [1.165, 1.54) is 11.3 Å². The van der Waals surface area contributed by atoms with Crippen LogP contribution in [0.5, 0.6) is 0 Å². The van der Waals surface area contributed by atoms with Crippen LogP contribution >= 0.6 is 11.3 Å². The van der Waals surface area contributed by atoms with E-state index in [1.807, 2.05) is 20.8 Å². The minimum atomic E-state index is -0.556. The van der Waals surface area contributed by atoms with Crippen LogP contribution in [-0.4, -0.2) is 33.2 Å². The summed E-state index contributed by atoms with van der Waals surface area (Å²) in [5, 5.41) is 7.79. The predicted octanol–water partition coefficient (Wildman–Crippen LogP) is 3.02. The molecule has 1 aromatic carbocycles. The smallest absolute Gasteiger partial charge is 0.265 e.